The summed E-state index contributed by atoms with van der Waals surface area (Å²) < 4.78 is 1.25. The van der Waals surface area contributed by atoms with Crippen molar-refractivity contribution < 1.29 is 45.2 Å². The van der Waals surface area contributed by atoms with E-state index in [-0.39, 0.29) is 35.6 Å². The smallest absolute Gasteiger partial charge is 1.00 e. The van der Waals surface area contributed by atoms with Gasteiger partial charge in [-0.1, -0.05) is 0 Å². The van der Waals surface area contributed by atoms with Gasteiger partial charge in [-0.25, -0.2) is 0 Å². The average Bonchev–Trinajstić information content (AvgIpc) is 3.52. The van der Waals surface area contributed by atoms with Crippen LogP contribution in [0.25, 0.3) is 33.9 Å². The van der Waals surface area contributed by atoms with E-state index >= 15 is 0 Å². The van der Waals surface area contributed by atoms with Crippen molar-refractivity contribution in [1.29, 1.82) is 0 Å². The van der Waals surface area contributed by atoms with Crippen LogP contribution in [-0.2, 0) is 31.2 Å². The van der Waals surface area contributed by atoms with Gasteiger partial charge < -0.3 is 24.8 Å². The van der Waals surface area contributed by atoms with Gasteiger partial charge in [-0.3, -0.25) is 0 Å². The van der Waals surface area contributed by atoms with E-state index in [0.29, 0.717) is 13.2 Å². The van der Waals surface area contributed by atoms with E-state index in [1.807, 2.05) is 0 Å². The molecule has 256 valence electrons. The molecule has 0 amide bonds. The number of allylic oxidation sites excluding steroid dienone is 3. The minimum atomic E-state index is -2.23. The van der Waals surface area contributed by atoms with E-state index in [2.05, 4.69) is 173 Å². The zero-order valence-corrected chi connectivity index (χ0v) is 36.6. The molecule has 49 heavy (non-hydrogen) atoms. The number of hydrogen-bond donors (Lipinski definition) is 0. The molecule has 2 atom stereocenters. The summed E-state index contributed by atoms with van der Waals surface area (Å²) in [6, 6.07) is 33.3. The predicted molar refractivity (Wildman–Crippen MR) is 205 cm³/mol. The van der Waals surface area contributed by atoms with Crippen molar-refractivity contribution in [3.63, 3.8) is 0 Å². The number of hydrogen-bond acceptors (Lipinski definition) is 0. The number of rotatable bonds is 5. The second-order valence-corrected chi connectivity index (χ2v) is 34.5. The molecule has 0 aliphatic heterocycles. The molecule has 4 heteroatoms. The molecule has 0 bridgehead atoms. The third kappa shape index (κ3) is 7.37. The van der Waals surface area contributed by atoms with E-state index in [1.54, 1.807) is 22.3 Å². The maximum atomic E-state index is 2.65. The van der Waals surface area contributed by atoms with Gasteiger partial charge in [0.15, 0.2) is 0 Å². The van der Waals surface area contributed by atoms with Crippen molar-refractivity contribution in [1.82, 2.24) is 0 Å². The molecule has 0 aromatic heterocycles. The van der Waals surface area contributed by atoms with Crippen LogP contribution in [0.3, 0.4) is 0 Å². The molecule has 0 spiro atoms. The third-order valence-electron chi connectivity index (χ3n) is 10.9. The van der Waals surface area contributed by atoms with Crippen LogP contribution in [0.4, 0.5) is 0 Å². The van der Waals surface area contributed by atoms with Crippen molar-refractivity contribution in [3.8, 4) is 22.3 Å². The molecule has 2 aliphatic rings. The zero-order valence-electron chi connectivity index (χ0n) is 31.6. The monoisotopic (exact) mass is 782 g/mol. The van der Waals surface area contributed by atoms with Crippen molar-refractivity contribution in [2.75, 3.05) is 0 Å². The summed E-state index contributed by atoms with van der Waals surface area (Å²) >= 11 is -2.23. The van der Waals surface area contributed by atoms with Crippen molar-refractivity contribution in [2.45, 2.75) is 100 Å². The van der Waals surface area contributed by atoms with Crippen molar-refractivity contribution in [2.24, 2.45) is 5.92 Å². The molecule has 0 heterocycles. The fraction of sp³-hybridized carbons (Fsp3) is 0.378. The van der Waals surface area contributed by atoms with E-state index in [1.165, 1.54) is 50.1 Å². The molecular weight excluding hydrogens is 731 g/mol. The van der Waals surface area contributed by atoms with Crippen LogP contribution in [0.2, 0.25) is 13.1 Å². The Morgan fingerprint density at radius 3 is 1.55 bits per heavy atom. The first-order valence-corrected chi connectivity index (χ1v) is 26.7. The predicted octanol–water partition coefficient (Wildman–Crippen LogP) is 7.14. The minimum absolute atomic E-state index is 0. The summed E-state index contributed by atoms with van der Waals surface area (Å²) in [6.45, 7) is 28.9. The Kier molecular flexibility index (Phi) is 12.1. The van der Waals surface area contributed by atoms with Crippen LogP contribution in [0, 0.1) is 5.92 Å². The van der Waals surface area contributed by atoms with E-state index < -0.39 is 25.8 Å². The molecule has 0 radical (unpaired) electrons. The molecule has 0 nitrogen and oxygen atoms in total. The Labute approximate surface area is 318 Å². The van der Waals surface area contributed by atoms with E-state index in [9.17, 15) is 0 Å². The summed E-state index contributed by atoms with van der Waals surface area (Å²) in [7, 11) is 0. The van der Waals surface area contributed by atoms with Crippen LogP contribution in [0.15, 0.2) is 96.1 Å². The van der Waals surface area contributed by atoms with Gasteiger partial charge in [-0.05, 0) is 0 Å². The van der Waals surface area contributed by atoms with E-state index in [4.69, 9.17) is 0 Å². The zero-order chi connectivity index (χ0) is 34.0. The first-order valence-electron chi connectivity index (χ1n) is 17.6. The van der Waals surface area contributed by atoms with Crippen LogP contribution < -0.4 is 24.8 Å². The van der Waals surface area contributed by atoms with Gasteiger partial charge in [-0.15, -0.1) is 0 Å². The molecule has 0 N–H and O–H groups in total. The molecule has 2 unspecified atom stereocenters. The molecule has 0 fully saturated rings. The molecule has 4 aromatic rings. The summed E-state index contributed by atoms with van der Waals surface area (Å²) in [5, 5.41) is 0. The number of fused-ring (bicyclic) bond motifs is 2. The van der Waals surface area contributed by atoms with E-state index in [0.717, 1.165) is 0 Å². The molecule has 0 saturated heterocycles. The molecular formula is C45H54Cl2SiZr. The first-order chi connectivity index (χ1) is 22.1. The van der Waals surface area contributed by atoms with Gasteiger partial charge in [-0.2, -0.15) is 0 Å². The Bertz CT molecular complexity index is 1940. The van der Waals surface area contributed by atoms with Gasteiger partial charge in [0, 0.05) is 0 Å². The first kappa shape index (κ1) is 39.8. The van der Waals surface area contributed by atoms with Crippen LogP contribution >= 0.6 is 0 Å². The topological polar surface area (TPSA) is 0 Å². The average molecular weight is 785 g/mol. The number of benzene rings is 4. The Hall–Kier alpha value is -1.96. The fourth-order valence-corrected chi connectivity index (χ4v) is 29.1. The van der Waals surface area contributed by atoms with Crippen LogP contribution in [-0.4, -0.2) is 5.43 Å². The van der Waals surface area contributed by atoms with Gasteiger partial charge in [0.25, 0.3) is 0 Å². The minimum Gasteiger partial charge on any atom is -1.00 e. The second kappa shape index (κ2) is 14.9. The van der Waals surface area contributed by atoms with Gasteiger partial charge in [0.05, 0.1) is 0 Å². The van der Waals surface area contributed by atoms with Gasteiger partial charge in [0.2, 0.25) is 0 Å². The quantitative estimate of drug-likeness (QED) is 0.189. The van der Waals surface area contributed by atoms with Crippen molar-refractivity contribution >= 4 is 17.1 Å². The van der Waals surface area contributed by atoms with Crippen molar-refractivity contribution in [3.05, 3.63) is 129 Å². The van der Waals surface area contributed by atoms with Gasteiger partial charge >= 0.3 is 295 Å². The third-order valence-corrected chi connectivity index (χ3v) is 30.4. The summed E-state index contributed by atoms with van der Waals surface area (Å²) in [6.07, 6.45) is 2.64. The largest absolute Gasteiger partial charge is 1.00 e. The van der Waals surface area contributed by atoms with Gasteiger partial charge in [0.1, 0.15) is 0 Å². The Balaban J connectivity index is 0.00000270. The Morgan fingerprint density at radius 1 is 0.612 bits per heavy atom. The van der Waals surface area contributed by atoms with Crippen LogP contribution in [0.1, 0.15) is 110 Å². The molecule has 4 aromatic carbocycles. The molecule has 6 rings (SSSR count). The summed E-state index contributed by atoms with van der Waals surface area (Å²) in [5.41, 5.74) is 19.3. The number of halogens is 2. The van der Waals surface area contributed by atoms with Crippen LogP contribution in [0.5, 0.6) is 0 Å². The second-order valence-electron chi connectivity index (χ2n) is 16.7. The summed E-state index contributed by atoms with van der Waals surface area (Å²) in [4.78, 5) is 0. The SMILES string of the molecule is CC1=C(C)[CH]([Zr+2]([CH]2C(C(C)C)=Cc3c(-c4ccc(C(C)(C)C)cc4)cccc32)=[Si](C)C)c2cccc(-c3ccc(C(C)(C)C)cc3)c21.[Cl-].[Cl-]. The summed E-state index contributed by atoms with van der Waals surface area (Å²) in [5.74, 6) is 0.541. The Morgan fingerprint density at radius 2 is 1.08 bits per heavy atom. The molecule has 2 aliphatic carbocycles. The maximum absolute atomic E-state index is 2.65. The normalized spacial score (nSPS) is 16.7. The standard InChI is InChI=1S/C22H25.C21H23.C2H6Si.2ClH.Zr/c1-15(2)18-13-17-7-6-8-20(21(17)14-18)16-9-11-19(12-10-16)22(3,4)5;1-14-13-17-7-6-8-19(20(17)15(14)2)16-9-11-18(12-10-16)21(3,4)5;1-3-2;;;/h6-15H,1-5H3;6-13H,1-5H3;1-2H3;2*1H;/q;;;;;+2/p-2. The fourth-order valence-electron chi connectivity index (χ4n) is 8.09. The molecule has 0 saturated carbocycles. The maximum Gasteiger partial charge on any atom is -1.00 e.